The van der Waals surface area contributed by atoms with Crippen molar-refractivity contribution in [2.45, 2.75) is 45.8 Å². The van der Waals surface area contributed by atoms with Gasteiger partial charge < -0.3 is 19.7 Å². The Hall–Kier alpha value is -2.08. The van der Waals surface area contributed by atoms with Crippen molar-refractivity contribution >= 4 is 0 Å². The second-order valence-corrected chi connectivity index (χ2v) is 7.68. The molecule has 0 bridgehead atoms. The topological polar surface area (TPSA) is 62.2 Å². The van der Waals surface area contributed by atoms with Gasteiger partial charge in [-0.25, -0.2) is 0 Å². The smallest absolute Gasteiger partial charge is 0.119 e. The van der Waals surface area contributed by atoms with Crippen LogP contribution in [-0.2, 0) is 0 Å². The number of ether oxygens (including phenoxy) is 2. The predicted octanol–water partition coefficient (Wildman–Crippen LogP) is 3.59. The summed E-state index contributed by atoms with van der Waals surface area (Å²) in [4.78, 5) is 2.08. The highest BCUT2D eigenvalue weighted by molar-refractivity contribution is 5.28. The highest BCUT2D eigenvalue weighted by Gasteiger charge is 2.17. The van der Waals surface area contributed by atoms with Gasteiger partial charge in [0.25, 0.3) is 0 Å². The van der Waals surface area contributed by atoms with E-state index in [9.17, 15) is 10.2 Å². The lowest BCUT2D eigenvalue weighted by atomic mass is 10.2. The van der Waals surface area contributed by atoms with E-state index in [-0.39, 0.29) is 13.2 Å². The summed E-state index contributed by atoms with van der Waals surface area (Å²) in [7, 11) is 0. The van der Waals surface area contributed by atoms with Crippen molar-refractivity contribution < 1.29 is 19.7 Å². The number of unbranched alkanes of at least 4 members (excludes halogenated alkanes) is 1. The molecular formula is C24H35NO4. The highest BCUT2D eigenvalue weighted by Crippen LogP contribution is 2.14. The van der Waals surface area contributed by atoms with Gasteiger partial charge in [-0.05, 0) is 62.2 Å². The summed E-state index contributed by atoms with van der Waals surface area (Å²) in [5, 5.41) is 20.8. The van der Waals surface area contributed by atoms with E-state index in [0.717, 1.165) is 42.0 Å². The number of hydrogen-bond acceptors (Lipinski definition) is 5. The molecule has 5 heteroatoms. The molecule has 0 saturated carbocycles. The average molecular weight is 402 g/mol. The van der Waals surface area contributed by atoms with Gasteiger partial charge in [-0.3, -0.25) is 4.90 Å². The van der Waals surface area contributed by atoms with Crippen molar-refractivity contribution in [3.05, 3.63) is 59.7 Å². The second kappa shape index (κ2) is 12.5. The van der Waals surface area contributed by atoms with Crippen molar-refractivity contribution in [3.8, 4) is 11.5 Å². The number of aryl methyl sites for hydroxylation is 2. The molecule has 0 radical (unpaired) electrons. The predicted molar refractivity (Wildman–Crippen MR) is 117 cm³/mol. The fourth-order valence-electron chi connectivity index (χ4n) is 3.14. The third-order valence-electron chi connectivity index (χ3n) is 4.63. The lowest BCUT2D eigenvalue weighted by Gasteiger charge is -2.27. The maximum absolute atomic E-state index is 10.4. The Bertz CT molecular complexity index is 664. The average Bonchev–Trinajstić information content (AvgIpc) is 2.69. The number of aliphatic hydroxyl groups excluding tert-OH is 2. The van der Waals surface area contributed by atoms with Crippen molar-refractivity contribution in [2.24, 2.45) is 0 Å². The van der Waals surface area contributed by atoms with Crippen LogP contribution in [0.15, 0.2) is 48.5 Å². The van der Waals surface area contributed by atoms with Crippen LogP contribution < -0.4 is 9.47 Å². The van der Waals surface area contributed by atoms with Crippen molar-refractivity contribution in [1.82, 2.24) is 4.90 Å². The van der Waals surface area contributed by atoms with Gasteiger partial charge >= 0.3 is 0 Å². The van der Waals surface area contributed by atoms with Crippen LogP contribution in [0.5, 0.6) is 11.5 Å². The van der Waals surface area contributed by atoms with E-state index in [1.54, 1.807) is 0 Å². The zero-order valence-corrected chi connectivity index (χ0v) is 17.9. The van der Waals surface area contributed by atoms with Gasteiger partial charge in [-0.2, -0.15) is 0 Å². The quantitative estimate of drug-likeness (QED) is 0.537. The number of rotatable bonds is 13. The molecule has 0 aliphatic carbocycles. The summed E-state index contributed by atoms with van der Waals surface area (Å²) in [6.07, 6.45) is 0.814. The molecule has 0 unspecified atom stereocenters. The summed E-state index contributed by atoms with van der Waals surface area (Å²) in [6, 6.07) is 15.6. The van der Waals surface area contributed by atoms with E-state index in [1.807, 2.05) is 62.4 Å². The second-order valence-electron chi connectivity index (χ2n) is 7.68. The van der Waals surface area contributed by atoms with Gasteiger partial charge in [-0.15, -0.1) is 0 Å². The molecule has 0 aliphatic heterocycles. The summed E-state index contributed by atoms with van der Waals surface area (Å²) in [5.41, 5.74) is 2.25. The first-order valence-electron chi connectivity index (χ1n) is 10.4. The molecule has 0 fully saturated rings. The standard InChI is InChI=1S/C24H35NO4/c1-4-5-12-25(15-21(26)17-28-23-10-6-8-19(2)13-23)16-22(27)18-29-24-11-7-9-20(3)14-24/h6-11,13-14,21-22,26-27H,4-5,12,15-18H2,1-3H3/t21-,22+. The van der Waals surface area contributed by atoms with Gasteiger partial charge in [-0.1, -0.05) is 37.6 Å². The van der Waals surface area contributed by atoms with E-state index >= 15 is 0 Å². The Morgan fingerprint density at radius 3 is 1.72 bits per heavy atom. The monoisotopic (exact) mass is 401 g/mol. The largest absolute Gasteiger partial charge is 0.491 e. The first-order chi connectivity index (χ1) is 14.0. The fourth-order valence-corrected chi connectivity index (χ4v) is 3.14. The maximum Gasteiger partial charge on any atom is 0.119 e. The van der Waals surface area contributed by atoms with Crippen LogP contribution in [-0.4, -0.2) is 60.2 Å². The molecule has 0 aliphatic rings. The molecule has 0 saturated heterocycles. The molecule has 160 valence electrons. The van der Waals surface area contributed by atoms with E-state index < -0.39 is 12.2 Å². The zero-order valence-electron chi connectivity index (χ0n) is 17.9. The lowest BCUT2D eigenvalue weighted by molar-refractivity contribution is 0.0309. The minimum Gasteiger partial charge on any atom is -0.491 e. The molecule has 2 N–H and O–H groups in total. The minimum absolute atomic E-state index is 0.224. The summed E-state index contributed by atoms with van der Waals surface area (Å²) in [6.45, 7) is 8.32. The Balaban J connectivity index is 1.80. The molecule has 0 amide bonds. The van der Waals surface area contributed by atoms with Gasteiger partial charge in [0.2, 0.25) is 0 Å². The minimum atomic E-state index is -0.628. The Morgan fingerprint density at radius 2 is 1.31 bits per heavy atom. The Morgan fingerprint density at radius 1 is 0.828 bits per heavy atom. The third-order valence-corrected chi connectivity index (χ3v) is 4.63. The van der Waals surface area contributed by atoms with Gasteiger partial charge in [0.1, 0.15) is 36.9 Å². The molecule has 5 nitrogen and oxygen atoms in total. The lowest BCUT2D eigenvalue weighted by Crippen LogP contribution is -2.42. The molecule has 2 aromatic rings. The van der Waals surface area contributed by atoms with Crippen LogP contribution >= 0.6 is 0 Å². The normalized spacial score (nSPS) is 13.3. The van der Waals surface area contributed by atoms with E-state index in [0.29, 0.717) is 13.1 Å². The number of benzene rings is 2. The van der Waals surface area contributed by atoms with Crippen LogP contribution in [0.25, 0.3) is 0 Å². The van der Waals surface area contributed by atoms with E-state index in [4.69, 9.17) is 9.47 Å². The number of nitrogens with zero attached hydrogens (tertiary/aromatic N) is 1. The molecule has 0 aromatic heterocycles. The van der Waals surface area contributed by atoms with Crippen molar-refractivity contribution in [2.75, 3.05) is 32.8 Å². The highest BCUT2D eigenvalue weighted by atomic mass is 16.5. The van der Waals surface area contributed by atoms with Crippen LogP contribution in [0.2, 0.25) is 0 Å². The SMILES string of the molecule is CCCCN(C[C@H](O)COc1cccc(C)c1)C[C@@H](O)COc1cccc(C)c1. The van der Waals surface area contributed by atoms with Gasteiger partial charge in [0.05, 0.1) is 0 Å². The molecule has 29 heavy (non-hydrogen) atoms. The number of hydrogen-bond donors (Lipinski definition) is 2. The molecule has 2 atom stereocenters. The Kier molecular flexibility index (Phi) is 9.98. The van der Waals surface area contributed by atoms with Gasteiger partial charge in [0.15, 0.2) is 0 Å². The first kappa shape index (κ1) is 23.2. The number of aliphatic hydroxyl groups is 2. The first-order valence-corrected chi connectivity index (χ1v) is 10.4. The summed E-state index contributed by atoms with van der Waals surface area (Å²) >= 11 is 0. The van der Waals surface area contributed by atoms with Crippen LogP contribution in [0.1, 0.15) is 30.9 Å². The summed E-state index contributed by atoms with van der Waals surface area (Å²) < 4.78 is 11.4. The van der Waals surface area contributed by atoms with Gasteiger partial charge in [0, 0.05) is 13.1 Å². The van der Waals surface area contributed by atoms with Crippen molar-refractivity contribution in [3.63, 3.8) is 0 Å². The molecular weight excluding hydrogens is 366 g/mol. The Labute approximate surface area is 174 Å². The zero-order chi connectivity index (χ0) is 21.1. The fraction of sp³-hybridized carbons (Fsp3) is 0.500. The molecule has 0 spiro atoms. The molecule has 0 heterocycles. The molecule has 2 aromatic carbocycles. The third kappa shape index (κ3) is 9.31. The summed E-state index contributed by atoms with van der Waals surface area (Å²) in [5.74, 6) is 1.52. The van der Waals surface area contributed by atoms with Crippen molar-refractivity contribution in [1.29, 1.82) is 0 Å². The maximum atomic E-state index is 10.4. The van der Waals surface area contributed by atoms with Crippen LogP contribution in [0.4, 0.5) is 0 Å². The molecule has 2 rings (SSSR count). The van der Waals surface area contributed by atoms with Crippen LogP contribution in [0.3, 0.4) is 0 Å². The van der Waals surface area contributed by atoms with E-state index in [2.05, 4.69) is 11.8 Å². The van der Waals surface area contributed by atoms with Crippen LogP contribution in [0, 0.1) is 13.8 Å². The van der Waals surface area contributed by atoms with E-state index in [1.165, 1.54) is 0 Å².